The second-order valence-electron chi connectivity index (χ2n) is 9.47. The van der Waals surface area contributed by atoms with E-state index in [2.05, 4.69) is 9.98 Å². The molecule has 170 valence electrons. The number of carbonyl (C=O) groups is 1. The summed E-state index contributed by atoms with van der Waals surface area (Å²) in [6, 6.07) is 7.93. The normalized spacial score (nSPS) is 31.1. The van der Waals surface area contributed by atoms with Gasteiger partial charge in [-0.05, 0) is 76.3 Å². The van der Waals surface area contributed by atoms with Crippen molar-refractivity contribution < 1.29 is 17.6 Å². The summed E-state index contributed by atoms with van der Waals surface area (Å²) in [5.74, 6) is -0.747. The quantitative estimate of drug-likeness (QED) is 0.706. The number of nitrogens with zero attached hydrogens (tertiary/aromatic N) is 2. The van der Waals surface area contributed by atoms with E-state index in [0.29, 0.717) is 30.5 Å². The number of hydrogen-bond donors (Lipinski definition) is 1. The van der Waals surface area contributed by atoms with Gasteiger partial charge >= 0.3 is 0 Å². The fourth-order valence-corrected chi connectivity index (χ4v) is 8.04. The highest BCUT2D eigenvalue weighted by molar-refractivity contribution is 7.95. The second-order valence-corrected chi connectivity index (χ2v) is 12.3. The molecule has 0 aliphatic carbocycles. The van der Waals surface area contributed by atoms with Crippen molar-refractivity contribution in [3.05, 3.63) is 64.7 Å². The van der Waals surface area contributed by atoms with Gasteiger partial charge < -0.3 is 5.73 Å². The first-order valence-corrected chi connectivity index (χ1v) is 12.2. The number of rotatable bonds is 4. The number of Topliss-reactive ketones (excluding diaryl/α,β-unsaturated/α-hetero) is 1. The van der Waals surface area contributed by atoms with Gasteiger partial charge in [-0.2, -0.15) is 0 Å². The van der Waals surface area contributed by atoms with E-state index in [4.69, 9.17) is 5.73 Å². The largest absolute Gasteiger partial charge is 0.386 e. The molecule has 0 spiro atoms. The molecule has 2 aromatic rings. The van der Waals surface area contributed by atoms with Crippen molar-refractivity contribution in [3.8, 4) is 0 Å². The molecule has 32 heavy (non-hydrogen) atoms. The summed E-state index contributed by atoms with van der Waals surface area (Å²) in [7, 11) is -3.77. The molecule has 2 aliphatic heterocycles. The van der Waals surface area contributed by atoms with E-state index >= 15 is 4.39 Å². The molecule has 6 nitrogen and oxygen atoms in total. The summed E-state index contributed by atoms with van der Waals surface area (Å²) in [6.45, 7) is 6.70. The lowest BCUT2D eigenvalue weighted by molar-refractivity contribution is 0.0987. The van der Waals surface area contributed by atoms with Crippen molar-refractivity contribution in [3.63, 3.8) is 0 Å². The maximum absolute atomic E-state index is 15.2. The number of nitrogens with two attached hydrogens (primary N) is 1. The van der Waals surface area contributed by atoms with Crippen LogP contribution in [0, 0.1) is 12.7 Å². The van der Waals surface area contributed by atoms with Crippen molar-refractivity contribution in [2.24, 2.45) is 10.7 Å². The molecule has 0 amide bonds. The number of benzene rings is 1. The fraction of sp³-hybridized carbons (Fsp3) is 0.458. The summed E-state index contributed by atoms with van der Waals surface area (Å²) in [5, 5.41) is 0. The number of aliphatic imine (C=N–C) groups is 1. The zero-order valence-corrected chi connectivity index (χ0v) is 19.6. The molecular formula is C24H28FN3O3S. The lowest BCUT2D eigenvalue weighted by Gasteiger charge is -2.55. The highest BCUT2D eigenvalue weighted by atomic mass is 32.2. The molecule has 3 heterocycles. The van der Waals surface area contributed by atoms with Gasteiger partial charge in [-0.25, -0.2) is 12.8 Å². The zero-order chi connectivity index (χ0) is 23.5. The van der Waals surface area contributed by atoms with Crippen molar-refractivity contribution in [1.82, 2.24) is 4.98 Å². The van der Waals surface area contributed by atoms with Gasteiger partial charge in [0.1, 0.15) is 27.6 Å². The van der Waals surface area contributed by atoms with Gasteiger partial charge in [-0.3, -0.25) is 14.8 Å². The third-order valence-corrected chi connectivity index (χ3v) is 11.0. The number of hydrogen-bond acceptors (Lipinski definition) is 6. The highest BCUT2D eigenvalue weighted by Gasteiger charge is 2.67. The Morgan fingerprint density at radius 2 is 1.91 bits per heavy atom. The molecule has 0 saturated carbocycles. The van der Waals surface area contributed by atoms with E-state index in [1.165, 1.54) is 12.1 Å². The van der Waals surface area contributed by atoms with Crippen molar-refractivity contribution in [2.45, 2.75) is 68.4 Å². The molecule has 8 heteroatoms. The molecule has 4 rings (SSSR count). The molecule has 0 unspecified atom stereocenters. The van der Waals surface area contributed by atoms with Crippen LogP contribution in [0.15, 0.2) is 41.5 Å². The number of halogens is 1. The topological polar surface area (TPSA) is 102 Å². The maximum atomic E-state index is 15.2. The first-order chi connectivity index (χ1) is 14.9. The number of sulfone groups is 1. The minimum absolute atomic E-state index is 0.0155. The van der Waals surface area contributed by atoms with Gasteiger partial charge in [-0.15, -0.1) is 0 Å². The Morgan fingerprint density at radius 3 is 2.59 bits per heavy atom. The van der Waals surface area contributed by atoms with Crippen LogP contribution in [0.25, 0.3) is 0 Å². The van der Waals surface area contributed by atoms with Crippen LogP contribution in [0.4, 0.5) is 4.39 Å². The average molecular weight is 458 g/mol. The van der Waals surface area contributed by atoms with Crippen molar-refractivity contribution in [2.75, 3.05) is 0 Å². The van der Waals surface area contributed by atoms with Crippen LogP contribution in [0.3, 0.4) is 0 Å². The SMILES string of the molecule is Cc1cccnc1C(=O)Cc1ccc(F)c([C@@]2(C)N=C(N)[C@]3(C)CCC[C@@]2(C)S3(=O)=O)c1. The molecule has 2 bridgehead atoms. The van der Waals surface area contributed by atoms with E-state index in [1.54, 1.807) is 39.1 Å². The number of aromatic nitrogens is 1. The van der Waals surface area contributed by atoms with Crippen LogP contribution < -0.4 is 5.73 Å². The van der Waals surface area contributed by atoms with E-state index in [0.717, 1.165) is 5.56 Å². The average Bonchev–Trinajstić information content (AvgIpc) is 2.72. The second kappa shape index (κ2) is 7.20. The molecule has 2 aliphatic rings. The maximum Gasteiger partial charge on any atom is 0.185 e. The van der Waals surface area contributed by atoms with E-state index in [9.17, 15) is 13.2 Å². The third-order valence-electron chi connectivity index (χ3n) is 7.60. The van der Waals surface area contributed by atoms with E-state index < -0.39 is 30.7 Å². The number of pyridine rings is 1. The van der Waals surface area contributed by atoms with Gasteiger partial charge in [0.25, 0.3) is 0 Å². The summed E-state index contributed by atoms with van der Waals surface area (Å²) in [6.07, 6.45) is 2.98. The van der Waals surface area contributed by atoms with Crippen molar-refractivity contribution >= 4 is 21.5 Å². The molecule has 1 fully saturated rings. The lowest BCUT2D eigenvalue weighted by atomic mass is 9.74. The van der Waals surface area contributed by atoms with Crippen LogP contribution in [-0.2, 0) is 21.8 Å². The Labute approximate surface area is 188 Å². The van der Waals surface area contributed by atoms with Crippen LogP contribution in [-0.4, -0.2) is 34.5 Å². The van der Waals surface area contributed by atoms with E-state index in [1.807, 2.05) is 13.0 Å². The molecule has 0 radical (unpaired) electrons. The molecule has 1 aromatic heterocycles. The first kappa shape index (κ1) is 22.6. The molecule has 1 aromatic carbocycles. The van der Waals surface area contributed by atoms with Gasteiger partial charge in [0.15, 0.2) is 15.6 Å². The smallest absolute Gasteiger partial charge is 0.185 e. The third kappa shape index (κ3) is 2.88. The standard InChI is InChI=1S/C24H28FN3O3S/c1-15-7-5-12-27-20(15)19(29)14-16-8-9-18(25)17(13-16)24(4)23(3)11-6-10-22(2,21(26)28-24)32(23,30)31/h5,7-9,12-13H,6,10-11,14H2,1-4H3,(H2,26,28)/t22-,23+,24+/m0/s1. The summed E-state index contributed by atoms with van der Waals surface area (Å²) >= 11 is 0. The molecule has 2 N–H and O–H groups in total. The Morgan fingerprint density at radius 1 is 1.19 bits per heavy atom. The zero-order valence-electron chi connectivity index (χ0n) is 18.8. The minimum Gasteiger partial charge on any atom is -0.386 e. The van der Waals surface area contributed by atoms with Crippen molar-refractivity contribution in [1.29, 1.82) is 0 Å². The summed E-state index contributed by atoms with van der Waals surface area (Å²) < 4.78 is 40.0. The molecule has 1 saturated heterocycles. The van der Waals surface area contributed by atoms with Crippen LogP contribution in [0.5, 0.6) is 0 Å². The fourth-order valence-electron chi connectivity index (χ4n) is 5.22. The van der Waals surface area contributed by atoms with Gasteiger partial charge in [0.2, 0.25) is 0 Å². The Kier molecular flexibility index (Phi) is 5.08. The number of carbonyl (C=O) groups excluding carboxylic acids is 1. The van der Waals surface area contributed by atoms with Gasteiger partial charge in [0.05, 0.1) is 4.75 Å². The molecule has 3 atom stereocenters. The number of aryl methyl sites for hydroxylation is 1. The first-order valence-electron chi connectivity index (χ1n) is 10.7. The Bertz CT molecular complexity index is 1260. The van der Waals surface area contributed by atoms with E-state index in [-0.39, 0.29) is 23.6 Å². The van der Waals surface area contributed by atoms with Gasteiger partial charge in [-0.1, -0.05) is 12.1 Å². The van der Waals surface area contributed by atoms with Crippen LogP contribution in [0.2, 0.25) is 0 Å². The molecular weight excluding hydrogens is 429 g/mol. The summed E-state index contributed by atoms with van der Waals surface area (Å²) in [5.41, 5.74) is 6.63. The summed E-state index contributed by atoms with van der Waals surface area (Å²) in [4.78, 5) is 21.6. The number of amidine groups is 1. The predicted molar refractivity (Wildman–Crippen MR) is 122 cm³/mol. The van der Waals surface area contributed by atoms with Crippen LogP contribution >= 0.6 is 0 Å². The highest BCUT2D eigenvalue weighted by Crippen LogP contribution is 2.56. The Balaban J connectivity index is 1.83. The Hall–Kier alpha value is -2.61. The monoisotopic (exact) mass is 457 g/mol. The minimum atomic E-state index is -3.77. The number of fused-ring (bicyclic) bond motifs is 2. The number of ketones is 1. The predicted octanol–water partition coefficient (Wildman–Crippen LogP) is 3.66. The lowest BCUT2D eigenvalue weighted by Crippen LogP contribution is -2.69. The van der Waals surface area contributed by atoms with Crippen LogP contribution in [0.1, 0.15) is 67.2 Å². The van der Waals surface area contributed by atoms with Gasteiger partial charge in [0, 0.05) is 18.2 Å².